The van der Waals surface area contributed by atoms with Crippen molar-refractivity contribution in [2.45, 2.75) is 6.42 Å². The first-order valence-electron chi connectivity index (χ1n) is 9.61. The van der Waals surface area contributed by atoms with Crippen molar-refractivity contribution in [1.82, 2.24) is 9.47 Å². The fourth-order valence-corrected chi connectivity index (χ4v) is 3.64. The largest absolute Gasteiger partial charge is 0.465 e. The first-order chi connectivity index (χ1) is 14.9. The lowest BCUT2D eigenvalue weighted by Gasteiger charge is -2.23. The van der Waals surface area contributed by atoms with Gasteiger partial charge in [-0.15, -0.1) is 0 Å². The molecule has 2 aromatic rings. The number of rotatable bonds is 6. The van der Waals surface area contributed by atoms with Gasteiger partial charge in [0, 0.05) is 24.7 Å². The molecule has 3 rings (SSSR count). The number of hydrogen-bond acceptors (Lipinski definition) is 7. The highest BCUT2D eigenvalue weighted by Gasteiger charge is 2.27. The maximum atomic E-state index is 12.6. The summed E-state index contributed by atoms with van der Waals surface area (Å²) in [5.74, 6) is -1.05. The van der Waals surface area contributed by atoms with E-state index in [4.69, 9.17) is 14.2 Å². The molecule has 0 unspecified atom stereocenters. The fourth-order valence-electron chi connectivity index (χ4n) is 3.64. The van der Waals surface area contributed by atoms with Crippen LogP contribution in [0, 0.1) is 0 Å². The van der Waals surface area contributed by atoms with Gasteiger partial charge in [0.25, 0.3) is 0 Å². The predicted molar refractivity (Wildman–Crippen MR) is 115 cm³/mol. The molecule has 1 aliphatic rings. The van der Waals surface area contributed by atoms with Crippen LogP contribution in [-0.2, 0) is 30.2 Å². The molecule has 0 saturated heterocycles. The van der Waals surface area contributed by atoms with Crippen molar-refractivity contribution < 1.29 is 28.6 Å². The summed E-state index contributed by atoms with van der Waals surface area (Å²) in [6.07, 6.45) is 5.18. The standard InChI is InChI=1S/C23H24N2O6/c1-15(21(26)29-2)20-18(11-13-24-12-7-8-16(14-24)22(27)30-3)17-9-5-6-10-19(17)25(20)23(28)31-4/h5-10,14H,1,11-13H2,2-4H3. The van der Waals surface area contributed by atoms with Gasteiger partial charge in [0.05, 0.1) is 43.7 Å². The van der Waals surface area contributed by atoms with E-state index in [2.05, 4.69) is 6.58 Å². The molecule has 1 aromatic heterocycles. The summed E-state index contributed by atoms with van der Waals surface area (Å²) >= 11 is 0. The summed E-state index contributed by atoms with van der Waals surface area (Å²) in [5.41, 5.74) is 2.23. The third-order valence-corrected chi connectivity index (χ3v) is 5.08. The Kier molecular flexibility index (Phi) is 6.59. The van der Waals surface area contributed by atoms with Crippen LogP contribution in [0.4, 0.5) is 4.79 Å². The van der Waals surface area contributed by atoms with Gasteiger partial charge >= 0.3 is 18.0 Å². The molecule has 2 heterocycles. The van der Waals surface area contributed by atoms with Crippen molar-refractivity contribution in [1.29, 1.82) is 0 Å². The summed E-state index contributed by atoms with van der Waals surface area (Å²) in [6, 6.07) is 7.32. The molecule has 31 heavy (non-hydrogen) atoms. The predicted octanol–water partition coefficient (Wildman–Crippen LogP) is 2.91. The van der Waals surface area contributed by atoms with Crippen molar-refractivity contribution in [2.75, 3.05) is 34.4 Å². The van der Waals surface area contributed by atoms with Crippen LogP contribution in [0.25, 0.3) is 16.5 Å². The van der Waals surface area contributed by atoms with E-state index in [0.29, 0.717) is 36.3 Å². The van der Waals surface area contributed by atoms with Crippen LogP contribution >= 0.6 is 0 Å². The van der Waals surface area contributed by atoms with Crippen LogP contribution in [0.5, 0.6) is 0 Å². The van der Waals surface area contributed by atoms with Gasteiger partial charge < -0.3 is 19.1 Å². The zero-order valence-electron chi connectivity index (χ0n) is 17.7. The molecule has 0 spiro atoms. The van der Waals surface area contributed by atoms with Crippen LogP contribution < -0.4 is 0 Å². The van der Waals surface area contributed by atoms with Gasteiger partial charge in [-0.05, 0) is 24.1 Å². The third-order valence-electron chi connectivity index (χ3n) is 5.08. The van der Waals surface area contributed by atoms with Crippen molar-refractivity contribution >= 4 is 34.5 Å². The molecule has 0 atom stereocenters. The van der Waals surface area contributed by atoms with E-state index in [1.807, 2.05) is 23.1 Å². The number of hydrogen-bond donors (Lipinski definition) is 0. The van der Waals surface area contributed by atoms with Gasteiger partial charge in [0.2, 0.25) is 0 Å². The molecule has 8 heteroatoms. The molecule has 162 valence electrons. The van der Waals surface area contributed by atoms with Crippen LogP contribution in [-0.4, -0.2) is 61.9 Å². The summed E-state index contributed by atoms with van der Waals surface area (Å²) in [7, 11) is 3.88. The second-order valence-electron chi connectivity index (χ2n) is 6.84. The van der Waals surface area contributed by atoms with Gasteiger partial charge in [-0.2, -0.15) is 0 Å². The van der Waals surface area contributed by atoms with Gasteiger partial charge in [-0.3, -0.25) is 0 Å². The van der Waals surface area contributed by atoms with E-state index < -0.39 is 18.0 Å². The number of esters is 2. The topological polar surface area (TPSA) is 87.1 Å². The molecule has 0 N–H and O–H groups in total. The number of carbonyl (C=O) groups excluding carboxylic acids is 3. The molecule has 0 aliphatic carbocycles. The molecular formula is C23H24N2O6. The number of ether oxygens (including phenoxy) is 3. The van der Waals surface area contributed by atoms with Gasteiger partial charge in [-0.25, -0.2) is 19.0 Å². The molecule has 0 saturated carbocycles. The highest BCUT2D eigenvalue weighted by atomic mass is 16.5. The highest BCUT2D eigenvalue weighted by Crippen LogP contribution is 2.32. The summed E-state index contributed by atoms with van der Waals surface area (Å²) in [5, 5.41) is 0.803. The normalized spacial score (nSPS) is 13.0. The molecule has 8 nitrogen and oxygen atoms in total. The number of methoxy groups -OCH3 is 3. The van der Waals surface area contributed by atoms with E-state index in [-0.39, 0.29) is 5.57 Å². The van der Waals surface area contributed by atoms with Crippen molar-refractivity contribution in [3.63, 3.8) is 0 Å². The average Bonchev–Trinajstić information content (AvgIpc) is 3.15. The van der Waals surface area contributed by atoms with Gasteiger partial charge in [0.1, 0.15) is 0 Å². The zero-order chi connectivity index (χ0) is 22.5. The lowest BCUT2D eigenvalue weighted by molar-refractivity contribution is -0.136. The second-order valence-corrected chi connectivity index (χ2v) is 6.84. The minimum atomic E-state index is -0.636. The number of aromatic nitrogens is 1. The van der Waals surface area contributed by atoms with Crippen molar-refractivity contribution in [3.05, 3.63) is 66.0 Å². The Morgan fingerprint density at radius 3 is 2.48 bits per heavy atom. The quantitative estimate of drug-likeness (QED) is 0.400. The summed E-state index contributed by atoms with van der Waals surface area (Å²) < 4.78 is 15.9. The Labute approximate surface area is 180 Å². The Morgan fingerprint density at radius 2 is 1.81 bits per heavy atom. The highest BCUT2D eigenvalue weighted by molar-refractivity contribution is 6.18. The number of fused-ring (bicyclic) bond motifs is 1. The Balaban J connectivity index is 2.05. The van der Waals surface area contributed by atoms with Gasteiger partial charge in [-0.1, -0.05) is 30.9 Å². The first-order valence-corrected chi connectivity index (χ1v) is 9.61. The molecule has 0 fully saturated rings. The number of carbonyl (C=O) groups is 3. The van der Waals surface area contributed by atoms with E-state index in [1.165, 1.54) is 25.9 Å². The van der Waals surface area contributed by atoms with Crippen LogP contribution in [0.2, 0.25) is 0 Å². The van der Waals surface area contributed by atoms with Gasteiger partial charge in [0.15, 0.2) is 0 Å². The molecule has 0 radical (unpaired) electrons. The minimum Gasteiger partial charge on any atom is -0.465 e. The van der Waals surface area contributed by atoms with E-state index in [1.54, 1.807) is 24.4 Å². The van der Waals surface area contributed by atoms with Crippen molar-refractivity contribution in [2.24, 2.45) is 0 Å². The second kappa shape index (κ2) is 9.34. The van der Waals surface area contributed by atoms with E-state index in [0.717, 1.165) is 10.9 Å². The Hall–Kier alpha value is -3.81. The SMILES string of the molecule is C=C(C(=O)OC)c1c(CCN2C=C(C(=O)OC)C=CC2)c2ccccc2n1C(=O)OC. The first kappa shape index (κ1) is 21.9. The summed E-state index contributed by atoms with van der Waals surface area (Å²) in [6.45, 7) is 5.01. The minimum absolute atomic E-state index is 0.0587. The lowest BCUT2D eigenvalue weighted by atomic mass is 10.0. The van der Waals surface area contributed by atoms with Crippen LogP contribution in [0.1, 0.15) is 11.3 Å². The summed E-state index contributed by atoms with van der Waals surface area (Å²) in [4.78, 5) is 38.7. The number of nitrogens with zero attached hydrogens (tertiary/aromatic N) is 2. The van der Waals surface area contributed by atoms with E-state index >= 15 is 0 Å². The number of benzene rings is 1. The fraction of sp³-hybridized carbons (Fsp3) is 0.261. The van der Waals surface area contributed by atoms with Crippen LogP contribution in [0.15, 0.2) is 54.8 Å². The lowest BCUT2D eigenvalue weighted by Crippen LogP contribution is -2.25. The van der Waals surface area contributed by atoms with Crippen LogP contribution in [0.3, 0.4) is 0 Å². The maximum absolute atomic E-state index is 12.6. The molecule has 1 aliphatic heterocycles. The monoisotopic (exact) mass is 424 g/mol. The molecule has 1 aromatic carbocycles. The average molecular weight is 424 g/mol. The van der Waals surface area contributed by atoms with Crippen molar-refractivity contribution in [3.8, 4) is 0 Å². The molecule has 0 amide bonds. The number of para-hydroxylation sites is 1. The Bertz CT molecular complexity index is 1110. The molecule has 0 bridgehead atoms. The van der Waals surface area contributed by atoms with E-state index in [9.17, 15) is 14.4 Å². The smallest absolute Gasteiger partial charge is 0.418 e. The Morgan fingerprint density at radius 1 is 1.06 bits per heavy atom. The molecular weight excluding hydrogens is 400 g/mol. The zero-order valence-corrected chi connectivity index (χ0v) is 17.7. The third kappa shape index (κ3) is 4.23. The maximum Gasteiger partial charge on any atom is 0.418 e.